The Kier molecular flexibility index (Phi) is 3.16. The van der Waals surface area contributed by atoms with Gasteiger partial charge in [-0.15, -0.1) is 5.10 Å². The van der Waals surface area contributed by atoms with Crippen LogP contribution in [0, 0.1) is 12.8 Å². The van der Waals surface area contributed by atoms with Crippen molar-refractivity contribution in [2.45, 2.75) is 33.2 Å². The number of carbonyl (C=O) groups excluding carboxylic acids is 1. The molecule has 1 aromatic rings. The molecule has 0 radical (unpaired) electrons. The van der Waals surface area contributed by atoms with E-state index in [1.54, 1.807) is 6.92 Å². The van der Waals surface area contributed by atoms with Crippen molar-refractivity contribution in [2.75, 3.05) is 0 Å². The van der Waals surface area contributed by atoms with Crippen LogP contribution in [0.2, 0.25) is 0 Å². The molecule has 6 nitrogen and oxygen atoms in total. The highest BCUT2D eigenvalue weighted by molar-refractivity contribution is 5.78. The van der Waals surface area contributed by atoms with Crippen LogP contribution in [-0.2, 0) is 4.79 Å². The third kappa shape index (κ3) is 2.27. The topological polar surface area (TPSA) is 86.7 Å². The highest BCUT2D eigenvalue weighted by Crippen LogP contribution is 2.16. The van der Waals surface area contributed by atoms with Crippen molar-refractivity contribution in [2.24, 2.45) is 11.7 Å². The van der Waals surface area contributed by atoms with Crippen LogP contribution in [0.15, 0.2) is 0 Å². The molecule has 0 aromatic carbocycles. The first-order chi connectivity index (χ1) is 6.52. The molecule has 0 aliphatic carbocycles. The second kappa shape index (κ2) is 4.17. The van der Waals surface area contributed by atoms with Gasteiger partial charge < -0.3 is 5.73 Å². The van der Waals surface area contributed by atoms with Gasteiger partial charge >= 0.3 is 0 Å². The lowest BCUT2D eigenvalue weighted by Gasteiger charge is -2.15. The second-order valence-electron chi connectivity index (χ2n) is 3.72. The van der Waals surface area contributed by atoms with Crippen LogP contribution >= 0.6 is 0 Å². The van der Waals surface area contributed by atoms with Crippen LogP contribution in [0.3, 0.4) is 0 Å². The molecule has 14 heavy (non-hydrogen) atoms. The molecule has 1 amide bonds. The second-order valence-corrected chi connectivity index (χ2v) is 3.72. The summed E-state index contributed by atoms with van der Waals surface area (Å²) in [6.07, 6.45) is 0.654. The van der Waals surface area contributed by atoms with E-state index < -0.39 is 11.9 Å². The van der Waals surface area contributed by atoms with Gasteiger partial charge in [0.25, 0.3) is 0 Å². The van der Waals surface area contributed by atoms with Gasteiger partial charge in [0, 0.05) is 0 Å². The average Bonchev–Trinajstić information content (AvgIpc) is 2.46. The maximum Gasteiger partial charge on any atom is 0.242 e. The number of nitrogens with two attached hydrogens (primary N) is 1. The quantitative estimate of drug-likeness (QED) is 0.739. The summed E-state index contributed by atoms with van der Waals surface area (Å²) >= 11 is 0. The number of carbonyl (C=O) groups is 1. The zero-order chi connectivity index (χ0) is 10.7. The van der Waals surface area contributed by atoms with Gasteiger partial charge in [-0.2, -0.15) is 0 Å². The molecule has 78 valence electrons. The van der Waals surface area contributed by atoms with Crippen molar-refractivity contribution in [1.82, 2.24) is 20.2 Å². The number of primary amides is 1. The summed E-state index contributed by atoms with van der Waals surface area (Å²) in [4.78, 5) is 11.2. The molecule has 1 rings (SSSR count). The molecule has 2 N–H and O–H groups in total. The van der Waals surface area contributed by atoms with Crippen LogP contribution in [0.4, 0.5) is 0 Å². The molecule has 1 heterocycles. The monoisotopic (exact) mass is 197 g/mol. The summed E-state index contributed by atoms with van der Waals surface area (Å²) < 4.78 is 1.47. The van der Waals surface area contributed by atoms with Gasteiger partial charge in [0.2, 0.25) is 5.91 Å². The van der Waals surface area contributed by atoms with Crippen molar-refractivity contribution in [3.8, 4) is 0 Å². The van der Waals surface area contributed by atoms with Crippen molar-refractivity contribution in [3.05, 3.63) is 5.82 Å². The SMILES string of the molecule is Cc1nnnn1C(CC(C)C)C(N)=O. The van der Waals surface area contributed by atoms with E-state index in [1.165, 1.54) is 4.68 Å². The Balaban J connectivity index is 2.89. The smallest absolute Gasteiger partial charge is 0.242 e. The zero-order valence-corrected chi connectivity index (χ0v) is 8.64. The lowest BCUT2D eigenvalue weighted by atomic mass is 10.0. The van der Waals surface area contributed by atoms with Crippen LogP contribution in [0.25, 0.3) is 0 Å². The minimum absolute atomic E-state index is 0.371. The lowest BCUT2D eigenvalue weighted by molar-refractivity contribution is -0.122. The first kappa shape index (κ1) is 10.6. The van der Waals surface area contributed by atoms with Crippen LogP contribution < -0.4 is 5.73 Å². The molecular weight excluding hydrogens is 182 g/mol. The van der Waals surface area contributed by atoms with E-state index in [1.807, 2.05) is 13.8 Å². The van der Waals surface area contributed by atoms with Crippen molar-refractivity contribution in [1.29, 1.82) is 0 Å². The Bertz CT molecular complexity index is 319. The van der Waals surface area contributed by atoms with Crippen LogP contribution in [-0.4, -0.2) is 26.1 Å². The molecular formula is C8H15N5O. The standard InChI is InChI=1S/C8H15N5O/c1-5(2)4-7(8(9)14)13-6(3)10-11-12-13/h5,7H,4H2,1-3H3,(H2,9,14). The summed E-state index contributed by atoms with van der Waals surface area (Å²) in [6, 6.07) is -0.440. The number of aryl methyl sites for hydroxylation is 1. The Morgan fingerprint density at radius 3 is 2.57 bits per heavy atom. The predicted octanol–water partition coefficient (Wildman–Crippen LogP) is 0.0540. The van der Waals surface area contributed by atoms with Gasteiger partial charge in [-0.1, -0.05) is 13.8 Å². The fraction of sp³-hybridized carbons (Fsp3) is 0.750. The summed E-state index contributed by atoms with van der Waals surface area (Å²) in [5.74, 6) is 0.583. The Morgan fingerprint density at radius 1 is 1.57 bits per heavy atom. The zero-order valence-electron chi connectivity index (χ0n) is 8.64. The lowest BCUT2D eigenvalue weighted by Crippen LogP contribution is -2.29. The Labute approximate surface area is 82.5 Å². The van der Waals surface area contributed by atoms with Gasteiger partial charge in [0.05, 0.1) is 0 Å². The highest BCUT2D eigenvalue weighted by atomic mass is 16.1. The Morgan fingerprint density at radius 2 is 2.21 bits per heavy atom. The maximum atomic E-state index is 11.2. The van der Waals surface area contributed by atoms with Crippen LogP contribution in [0.1, 0.15) is 32.1 Å². The van der Waals surface area contributed by atoms with E-state index in [0.29, 0.717) is 18.2 Å². The van der Waals surface area contributed by atoms with Crippen molar-refractivity contribution in [3.63, 3.8) is 0 Å². The summed E-state index contributed by atoms with van der Waals surface area (Å²) in [7, 11) is 0. The molecule has 0 spiro atoms. The molecule has 0 bridgehead atoms. The van der Waals surface area contributed by atoms with Crippen molar-refractivity contribution >= 4 is 5.91 Å². The fourth-order valence-corrected chi connectivity index (χ4v) is 1.31. The number of hydrogen-bond donors (Lipinski definition) is 1. The summed E-state index contributed by atoms with van der Waals surface area (Å²) in [6.45, 7) is 5.79. The number of nitrogens with zero attached hydrogens (tertiary/aromatic N) is 4. The largest absolute Gasteiger partial charge is 0.368 e. The number of tetrazole rings is 1. The van der Waals surface area contributed by atoms with Crippen LogP contribution in [0.5, 0.6) is 0 Å². The summed E-state index contributed by atoms with van der Waals surface area (Å²) in [5, 5.41) is 11.0. The third-order valence-corrected chi connectivity index (χ3v) is 1.98. The number of rotatable bonds is 4. The van der Waals surface area contributed by atoms with Gasteiger partial charge in [-0.25, -0.2) is 4.68 Å². The van der Waals surface area contributed by atoms with E-state index in [0.717, 1.165) is 0 Å². The molecule has 0 aliphatic rings. The molecule has 0 aliphatic heterocycles. The normalized spacial score (nSPS) is 13.1. The number of hydrogen-bond acceptors (Lipinski definition) is 4. The van der Waals surface area contributed by atoms with E-state index in [2.05, 4.69) is 15.5 Å². The first-order valence-corrected chi connectivity index (χ1v) is 4.56. The van der Waals surface area contributed by atoms with E-state index >= 15 is 0 Å². The van der Waals surface area contributed by atoms with E-state index in [-0.39, 0.29) is 0 Å². The van der Waals surface area contributed by atoms with Gasteiger partial charge in [-0.05, 0) is 29.7 Å². The molecule has 1 atom stereocenters. The van der Waals surface area contributed by atoms with E-state index in [4.69, 9.17) is 5.73 Å². The number of amides is 1. The first-order valence-electron chi connectivity index (χ1n) is 4.56. The molecule has 1 aromatic heterocycles. The molecule has 0 fully saturated rings. The molecule has 0 saturated carbocycles. The molecule has 0 saturated heterocycles. The fourth-order valence-electron chi connectivity index (χ4n) is 1.31. The third-order valence-electron chi connectivity index (χ3n) is 1.98. The summed E-state index contributed by atoms with van der Waals surface area (Å²) in [5.41, 5.74) is 5.29. The minimum Gasteiger partial charge on any atom is -0.368 e. The van der Waals surface area contributed by atoms with Crippen molar-refractivity contribution < 1.29 is 4.79 Å². The highest BCUT2D eigenvalue weighted by Gasteiger charge is 2.21. The maximum absolute atomic E-state index is 11.2. The Hall–Kier alpha value is -1.46. The average molecular weight is 197 g/mol. The molecule has 1 unspecified atom stereocenters. The van der Waals surface area contributed by atoms with Gasteiger partial charge in [0.1, 0.15) is 11.9 Å². The van der Waals surface area contributed by atoms with E-state index in [9.17, 15) is 4.79 Å². The minimum atomic E-state index is -0.440. The predicted molar refractivity (Wildman–Crippen MR) is 50.2 cm³/mol. The number of aromatic nitrogens is 4. The van der Waals surface area contributed by atoms with Gasteiger partial charge in [-0.3, -0.25) is 4.79 Å². The molecule has 6 heteroatoms. The van der Waals surface area contributed by atoms with Gasteiger partial charge in [0.15, 0.2) is 0 Å².